The van der Waals surface area contributed by atoms with Gasteiger partial charge >= 0.3 is 0 Å². The van der Waals surface area contributed by atoms with Gasteiger partial charge in [0.15, 0.2) is 0 Å². The summed E-state index contributed by atoms with van der Waals surface area (Å²) >= 11 is 0. The zero-order chi connectivity index (χ0) is 23.5. The first-order chi connectivity index (χ1) is 17.2. The van der Waals surface area contributed by atoms with E-state index in [0.717, 1.165) is 61.8 Å². The molecule has 0 amide bonds. The highest BCUT2D eigenvalue weighted by Crippen LogP contribution is 2.44. The molecule has 4 aromatic carbocycles. The molecular weight excluding hydrogens is 430 g/mol. The molecule has 0 aliphatic heterocycles. The van der Waals surface area contributed by atoms with Gasteiger partial charge in [-0.15, -0.1) is 0 Å². The van der Waals surface area contributed by atoms with Crippen LogP contribution in [0.1, 0.15) is 12.5 Å². The van der Waals surface area contributed by atoms with E-state index < -0.39 is 0 Å². The number of rotatable bonds is 3. The fraction of sp³-hybridized carbons (Fsp3) is 0.0645. The maximum absolute atomic E-state index is 13.7. The lowest BCUT2D eigenvalue weighted by atomic mass is 9.96. The lowest BCUT2D eigenvalue weighted by Gasteiger charge is -2.08. The van der Waals surface area contributed by atoms with Crippen molar-refractivity contribution < 1.29 is 0 Å². The second-order valence-corrected chi connectivity index (χ2v) is 9.02. The summed E-state index contributed by atoms with van der Waals surface area (Å²) in [6.45, 7) is 2.17. The van der Waals surface area contributed by atoms with E-state index in [1.165, 1.54) is 5.56 Å². The number of nitrogens with zero attached hydrogens (tertiary/aromatic N) is 1. The Kier molecular flexibility index (Phi) is 4.24. The SMILES string of the molecule is CCc1ccc(-c2[nH]c3ccccc3c2-c2c3ccccc3n3c(=O)c4ccccc4[nH]c23)cc1. The minimum atomic E-state index is -0.00881. The van der Waals surface area contributed by atoms with Gasteiger partial charge in [-0.1, -0.05) is 79.7 Å². The van der Waals surface area contributed by atoms with E-state index in [9.17, 15) is 4.79 Å². The summed E-state index contributed by atoms with van der Waals surface area (Å²) in [4.78, 5) is 21.0. The highest BCUT2D eigenvalue weighted by molar-refractivity contribution is 6.15. The number of hydrogen-bond donors (Lipinski definition) is 2. The van der Waals surface area contributed by atoms with E-state index in [1.54, 1.807) is 0 Å². The van der Waals surface area contributed by atoms with Crippen LogP contribution >= 0.6 is 0 Å². The molecule has 0 fully saturated rings. The summed E-state index contributed by atoms with van der Waals surface area (Å²) in [5.41, 5.74) is 9.25. The summed E-state index contributed by atoms with van der Waals surface area (Å²) in [5.74, 6) is 0. The molecule has 0 radical (unpaired) electrons. The Morgan fingerprint density at radius 2 is 1.29 bits per heavy atom. The summed E-state index contributed by atoms with van der Waals surface area (Å²) in [5, 5.41) is 2.86. The smallest absolute Gasteiger partial charge is 0.266 e. The largest absolute Gasteiger partial charge is 0.354 e. The summed E-state index contributed by atoms with van der Waals surface area (Å²) in [6.07, 6.45) is 1.00. The number of aromatic nitrogens is 3. The van der Waals surface area contributed by atoms with Gasteiger partial charge in [-0.3, -0.25) is 9.20 Å². The van der Waals surface area contributed by atoms with E-state index in [0.29, 0.717) is 5.39 Å². The lowest BCUT2D eigenvalue weighted by molar-refractivity contribution is 1.14. The second kappa shape index (κ2) is 7.47. The molecule has 0 unspecified atom stereocenters. The monoisotopic (exact) mass is 453 g/mol. The van der Waals surface area contributed by atoms with E-state index in [1.807, 2.05) is 46.9 Å². The molecule has 7 aromatic rings. The minimum absolute atomic E-state index is 0.00881. The zero-order valence-corrected chi connectivity index (χ0v) is 19.3. The molecule has 35 heavy (non-hydrogen) atoms. The van der Waals surface area contributed by atoms with Crippen molar-refractivity contribution in [2.45, 2.75) is 13.3 Å². The molecule has 0 saturated carbocycles. The van der Waals surface area contributed by atoms with Gasteiger partial charge in [0, 0.05) is 27.4 Å². The molecule has 7 rings (SSSR count). The predicted octanol–water partition coefficient (Wildman–Crippen LogP) is 7.31. The van der Waals surface area contributed by atoms with Gasteiger partial charge in [0.05, 0.1) is 22.1 Å². The Hall–Kier alpha value is -4.57. The van der Waals surface area contributed by atoms with Gasteiger partial charge < -0.3 is 9.97 Å². The molecule has 4 heteroatoms. The highest BCUT2D eigenvalue weighted by Gasteiger charge is 2.23. The van der Waals surface area contributed by atoms with E-state index in [4.69, 9.17) is 0 Å². The number of benzene rings is 4. The second-order valence-electron chi connectivity index (χ2n) is 9.02. The highest BCUT2D eigenvalue weighted by atomic mass is 16.1. The fourth-order valence-electron chi connectivity index (χ4n) is 5.37. The van der Waals surface area contributed by atoms with Gasteiger partial charge in [0.25, 0.3) is 5.56 Å². The molecule has 0 atom stereocenters. The maximum Gasteiger partial charge on any atom is 0.266 e. The molecule has 3 heterocycles. The number of para-hydroxylation sites is 3. The molecule has 2 N–H and O–H groups in total. The Morgan fingerprint density at radius 1 is 0.657 bits per heavy atom. The topological polar surface area (TPSA) is 53.1 Å². The van der Waals surface area contributed by atoms with Crippen LogP contribution in [-0.4, -0.2) is 14.4 Å². The fourth-order valence-corrected chi connectivity index (χ4v) is 5.37. The molecular formula is C31H23N3O. The number of nitrogens with one attached hydrogen (secondary N) is 2. The third kappa shape index (κ3) is 2.83. The first-order valence-corrected chi connectivity index (χ1v) is 12.0. The van der Waals surface area contributed by atoms with Crippen LogP contribution in [0, 0.1) is 0 Å². The molecule has 0 aliphatic carbocycles. The van der Waals surface area contributed by atoms with Crippen molar-refractivity contribution in [2.24, 2.45) is 0 Å². The van der Waals surface area contributed by atoms with Crippen LogP contribution in [0.25, 0.3) is 60.7 Å². The van der Waals surface area contributed by atoms with Crippen LogP contribution in [-0.2, 0) is 6.42 Å². The Morgan fingerprint density at radius 3 is 2.03 bits per heavy atom. The number of aromatic amines is 2. The summed E-state index contributed by atoms with van der Waals surface area (Å²) in [6, 6.07) is 33.0. The third-order valence-electron chi connectivity index (χ3n) is 7.10. The van der Waals surface area contributed by atoms with Crippen molar-refractivity contribution in [1.82, 2.24) is 14.4 Å². The van der Waals surface area contributed by atoms with Crippen LogP contribution in [0.3, 0.4) is 0 Å². The maximum atomic E-state index is 13.7. The normalized spacial score (nSPS) is 11.8. The summed E-state index contributed by atoms with van der Waals surface area (Å²) < 4.78 is 1.83. The molecule has 0 bridgehead atoms. The molecule has 0 aliphatic rings. The quantitative estimate of drug-likeness (QED) is 0.289. The number of fused-ring (bicyclic) bond motifs is 5. The Labute approximate surface area is 201 Å². The first kappa shape index (κ1) is 19.9. The van der Waals surface area contributed by atoms with Crippen molar-refractivity contribution >= 4 is 38.4 Å². The lowest BCUT2D eigenvalue weighted by Crippen LogP contribution is -2.13. The first-order valence-electron chi connectivity index (χ1n) is 12.0. The van der Waals surface area contributed by atoms with Crippen LogP contribution in [0.15, 0.2) is 102 Å². The van der Waals surface area contributed by atoms with Crippen LogP contribution in [0.2, 0.25) is 0 Å². The van der Waals surface area contributed by atoms with Gasteiger partial charge in [-0.2, -0.15) is 0 Å². The van der Waals surface area contributed by atoms with Crippen molar-refractivity contribution in [1.29, 1.82) is 0 Å². The number of aryl methyl sites for hydroxylation is 1. The van der Waals surface area contributed by atoms with Crippen LogP contribution < -0.4 is 5.56 Å². The van der Waals surface area contributed by atoms with E-state index in [-0.39, 0.29) is 5.56 Å². The number of H-pyrrole nitrogens is 2. The van der Waals surface area contributed by atoms with Crippen LogP contribution in [0.4, 0.5) is 0 Å². The predicted molar refractivity (Wildman–Crippen MR) is 145 cm³/mol. The van der Waals surface area contributed by atoms with E-state index in [2.05, 4.69) is 71.5 Å². The van der Waals surface area contributed by atoms with Crippen molar-refractivity contribution in [3.8, 4) is 22.4 Å². The van der Waals surface area contributed by atoms with Gasteiger partial charge in [0.2, 0.25) is 0 Å². The molecule has 168 valence electrons. The van der Waals surface area contributed by atoms with Gasteiger partial charge in [0.1, 0.15) is 5.65 Å². The van der Waals surface area contributed by atoms with Crippen molar-refractivity contribution in [2.75, 3.05) is 0 Å². The average Bonchev–Trinajstić information content (AvgIpc) is 3.44. The van der Waals surface area contributed by atoms with Crippen molar-refractivity contribution in [3.05, 3.63) is 113 Å². The molecule has 3 aromatic heterocycles. The third-order valence-corrected chi connectivity index (χ3v) is 7.10. The van der Waals surface area contributed by atoms with E-state index >= 15 is 0 Å². The molecule has 0 saturated heterocycles. The molecule has 4 nitrogen and oxygen atoms in total. The van der Waals surface area contributed by atoms with Crippen LogP contribution in [0.5, 0.6) is 0 Å². The molecule has 0 spiro atoms. The average molecular weight is 454 g/mol. The number of hydrogen-bond acceptors (Lipinski definition) is 1. The van der Waals surface area contributed by atoms with Gasteiger partial charge in [-0.05, 0) is 41.8 Å². The summed E-state index contributed by atoms with van der Waals surface area (Å²) in [7, 11) is 0. The Balaban J connectivity index is 1.68. The standard InChI is InChI=1S/C31H23N3O/c1-2-19-15-17-20(18-16-19)29-27(21-9-3-6-12-24(21)32-29)28-23-11-5-8-14-26(23)34-30(28)33-25-13-7-4-10-22(25)31(34)35/h3-18,32-33H,2H2,1H3. The zero-order valence-electron chi connectivity index (χ0n) is 19.3. The van der Waals surface area contributed by atoms with Crippen molar-refractivity contribution in [3.63, 3.8) is 0 Å². The Bertz CT molecular complexity index is 1950. The van der Waals surface area contributed by atoms with Gasteiger partial charge in [-0.25, -0.2) is 0 Å². The minimum Gasteiger partial charge on any atom is -0.354 e.